The van der Waals surface area contributed by atoms with Crippen molar-refractivity contribution in [2.24, 2.45) is 17.8 Å². The Balaban J connectivity index is 1.48. The first kappa shape index (κ1) is 27.2. The van der Waals surface area contributed by atoms with Gasteiger partial charge in [-0.3, -0.25) is 4.79 Å². The van der Waals surface area contributed by atoms with Crippen molar-refractivity contribution >= 4 is 38.4 Å². The van der Waals surface area contributed by atoms with Crippen LogP contribution in [0.3, 0.4) is 0 Å². The first-order valence-electron chi connectivity index (χ1n) is 13.7. The third kappa shape index (κ3) is 4.61. The summed E-state index contributed by atoms with van der Waals surface area (Å²) in [5, 5.41) is 13.7. The van der Waals surface area contributed by atoms with Gasteiger partial charge in [0.1, 0.15) is 0 Å². The fraction of sp³-hybridized carbons (Fsp3) is 0.367. The molecule has 2 atom stereocenters. The normalized spacial score (nSPS) is 22.1. The van der Waals surface area contributed by atoms with Crippen LogP contribution in [0.2, 0.25) is 0 Å². The predicted molar refractivity (Wildman–Crippen MR) is 155 cm³/mol. The van der Waals surface area contributed by atoms with Gasteiger partial charge in [-0.25, -0.2) is 26.7 Å². The molecule has 0 amide bonds. The van der Waals surface area contributed by atoms with Gasteiger partial charge in [-0.15, -0.1) is 0 Å². The lowest BCUT2D eigenvalue weighted by Gasteiger charge is -2.47. The number of aliphatic carboxylic acids is 1. The quantitative estimate of drug-likeness (QED) is 0.310. The van der Waals surface area contributed by atoms with E-state index in [2.05, 4.69) is 15.3 Å². The monoisotopic (exact) mass is 577 g/mol. The summed E-state index contributed by atoms with van der Waals surface area (Å²) in [6.45, 7) is 1.89. The minimum absolute atomic E-state index is 0.0498. The van der Waals surface area contributed by atoms with Gasteiger partial charge < -0.3 is 15.3 Å². The molecule has 0 saturated heterocycles. The Bertz CT molecular complexity index is 1740. The number of aryl methyl sites for hydroxylation is 1. The fourth-order valence-electron chi connectivity index (χ4n) is 6.55. The van der Waals surface area contributed by atoms with Crippen molar-refractivity contribution in [2.45, 2.75) is 43.5 Å². The second-order valence-corrected chi connectivity index (χ2v) is 13.1. The van der Waals surface area contributed by atoms with Crippen LogP contribution in [-0.4, -0.2) is 53.6 Å². The molecule has 3 aliphatic rings. The predicted octanol–water partition coefficient (Wildman–Crippen LogP) is 5.15. The van der Waals surface area contributed by atoms with Crippen LogP contribution < -0.4 is 10.2 Å². The van der Waals surface area contributed by atoms with E-state index >= 15 is 4.39 Å². The lowest BCUT2D eigenvalue weighted by molar-refractivity contribution is -0.148. The summed E-state index contributed by atoms with van der Waals surface area (Å²) < 4.78 is 44.2. The van der Waals surface area contributed by atoms with Gasteiger partial charge >= 0.3 is 5.97 Å². The van der Waals surface area contributed by atoms with Crippen LogP contribution in [0.1, 0.15) is 31.2 Å². The molecule has 2 N–H and O–H groups in total. The molecule has 2 unspecified atom stereocenters. The van der Waals surface area contributed by atoms with Crippen molar-refractivity contribution in [3.63, 3.8) is 0 Å². The number of anilines is 2. The largest absolute Gasteiger partial charge is 0.481 e. The van der Waals surface area contributed by atoms with Gasteiger partial charge in [0.05, 0.1) is 28.2 Å². The van der Waals surface area contributed by atoms with E-state index in [4.69, 9.17) is 0 Å². The van der Waals surface area contributed by atoms with Crippen molar-refractivity contribution in [1.82, 2.24) is 13.9 Å². The number of aromatic nitrogens is 3. The molecule has 0 spiro atoms. The van der Waals surface area contributed by atoms with Crippen LogP contribution in [-0.2, 0) is 14.8 Å². The van der Waals surface area contributed by atoms with Crippen LogP contribution in [0.25, 0.3) is 22.3 Å². The van der Waals surface area contributed by atoms with Gasteiger partial charge in [0, 0.05) is 37.3 Å². The number of carbonyl (C=O) groups is 1. The highest BCUT2D eigenvalue weighted by Crippen LogP contribution is 2.46. The topological polar surface area (TPSA) is 117 Å². The number of fused-ring (bicyclic) bond motifs is 4. The molecule has 2 bridgehead atoms. The standard InChI is InChI=1S/C30H32FN5O4S/c1-17-7-13-20(14-8-17)41(39,40)36-16-22(21-5-4-6-24(27(21)36)35(2)3)28-32-15-23(31)29(34-28)33-26-19-11-9-18(10-12-19)25(26)30(37)38/h4-8,13-16,18-19,25-26H,9-12H2,1-3H3,(H,37,38)(H,32,33,34). The Hall–Kier alpha value is -3.99. The zero-order valence-electron chi connectivity index (χ0n) is 23.1. The summed E-state index contributed by atoms with van der Waals surface area (Å²) in [4.78, 5) is 22.9. The molecule has 2 aromatic carbocycles. The van der Waals surface area contributed by atoms with Crippen LogP contribution in [0.15, 0.2) is 59.8 Å². The summed E-state index contributed by atoms with van der Waals surface area (Å²) >= 11 is 0. The van der Waals surface area contributed by atoms with Crippen molar-refractivity contribution in [2.75, 3.05) is 24.3 Å². The maximum Gasteiger partial charge on any atom is 0.308 e. The van der Waals surface area contributed by atoms with Gasteiger partial charge in [-0.2, -0.15) is 0 Å². The SMILES string of the molecule is Cc1ccc(S(=O)(=O)n2cc(-c3ncc(F)c(NC4C5CCC(CC5)C4C(=O)O)n3)c3cccc(N(C)C)c32)cc1. The molecular weight excluding hydrogens is 545 g/mol. The molecule has 3 aliphatic carbocycles. The Labute approximate surface area is 238 Å². The first-order valence-corrected chi connectivity index (χ1v) is 15.2. The minimum Gasteiger partial charge on any atom is -0.481 e. The minimum atomic E-state index is -4.01. The van der Waals surface area contributed by atoms with Crippen LogP contribution in [0.4, 0.5) is 15.9 Å². The highest BCUT2D eigenvalue weighted by atomic mass is 32.2. The molecule has 41 heavy (non-hydrogen) atoms. The smallest absolute Gasteiger partial charge is 0.308 e. The Morgan fingerprint density at radius 1 is 1.07 bits per heavy atom. The van der Waals surface area contributed by atoms with E-state index in [1.807, 2.05) is 38.1 Å². The van der Waals surface area contributed by atoms with Crippen molar-refractivity contribution in [3.8, 4) is 11.4 Å². The third-order valence-electron chi connectivity index (χ3n) is 8.62. The van der Waals surface area contributed by atoms with Crippen molar-refractivity contribution in [1.29, 1.82) is 0 Å². The van der Waals surface area contributed by atoms with Gasteiger partial charge in [-0.1, -0.05) is 29.8 Å². The molecule has 214 valence electrons. The number of hydrogen-bond acceptors (Lipinski definition) is 7. The number of hydrogen-bond donors (Lipinski definition) is 2. The molecule has 2 aromatic heterocycles. The maximum absolute atomic E-state index is 15.1. The molecule has 9 nitrogen and oxygen atoms in total. The summed E-state index contributed by atoms with van der Waals surface area (Å²) in [5.41, 5.74) is 2.48. The molecule has 2 heterocycles. The third-order valence-corrected chi connectivity index (χ3v) is 10.3. The Morgan fingerprint density at radius 3 is 2.41 bits per heavy atom. The lowest BCUT2D eigenvalue weighted by Crippen LogP contribution is -2.51. The molecule has 0 aliphatic heterocycles. The second-order valence-electron chi connectivity index (χ2n) is 11.3. The number of nitrogens with one attached hydrogen (secondary N) is 1. The molecule has 0 radical (unpaired) electrons. The molecule has 4 aromatic rings. The number of carboxylic acids is 1. The van der Waals surface area contributed by atoms with E-state index in [0.29, 0.717) is 22.2 Å². The molecule has 7 rings (SSSR count). The van der Waals surface area contributed by atoms with Crippen LogP contribution >= 0.6 is 0 Å². The van der Waals surface area contributed by atoms with Crippen LogP contribution in [0, 0.1) is 30.5 Å². The summed E-state index contributed by atoms with van der Waals surface area (Å²) in [7, 11) is -0.348. The zero-order valence-corrected chi connectivity index (χ0v) is 23.9. The van der Waals surface area contributed by atoms with Gasteiger partial charge in [0.25, 0.3) is 10.0 Å². The first-order chi connectivity index (χ1) is 19.6. The van der Waals surface area contributed by atoms with E-state index in [0.717, 1.165) is 37.4 Å². The highest BCUT2D eigenvalue weighted by molar-refractivity contribution is 7.90. The lowest BCUT2D eigenvalue weighted by atomic mass is 9.61. The average molecular weight is 578 g/mol. The number of rotatable bonds is 7. The molecule has 11 heteroatoms. The fourth-order valence-corrected chi connectivity index (χ4v) is 7.94. The van der Waals surface area contributed by atoms with Crippen molar-refractivity contribution < 1.29 is 22.7 Å². The second kappa shape index (κ2) is 10.1. The van der Waals surface area contributed by atoms with E-state index in [1.165, 1.54) is 10.2 Å². The van der Waals surface area contributed by atoms with Crippen molar-refractivity contribution in [3.05, 3.63) is 66.2 Å². The maximum atomic E-state index is 15.1. The van der Waals surface area contributed by atoms with Crippen LogP contribution in [0.5, 0.6) is 0 Å². The summed E-state index contributed by atoms with van der Waals surface area (Å²) in [6, 6.07) is 11.6. The molecular formula is C30H32FN5O4S. The van der Waals surface area contributed by atoms with E-state index < -0.39 is 33.8 Å². The average Bonchev–Trinajstić information content (AvgIpc) is 3.35. The van der Waals surface area contributed by atoms with Gasteiger partial charge in [0.15, 0.2) is 17.5 Å². The summed E-state index contributed by atoms with van der Waals surface area (Å²) in [5.74, 6) is -1.97. The van der Waals surface area contributed by atoms with Gasteiger partial charge in [0.2, 0.25) is 0 Å². The Morgan fingerprint density at radius 2 is 1.76 bits per heavy atom. The zero-order chi connectivity index (χ0) is 29.1. The number of benzene rings is 2. The van der Waals surface area contributed by atoms with E-state index in [9.17, 15) is 18.3 Å². The number of carboxylic acid groups (broad SMARTS) is 1. The van der Waals surface area contributed by atoms with E-state index in [-0.39, 0.29) is 28.4 Å². The summed E-state index contributed by atoms with van der Waals surface area (Å²) in [6.07, 6.45) is 6.04. The molecule has 3 fully saturated rings. The van der Waals surface area contributed by atoms with Gasteiger partial charge in [-0.05, 0) is 62.6 Å². The number of nitrogens with zero attached hydrogens (tertiary/aromatic N) is 4. The Kier molecular flexibility index (Phi) is 6.72. The van der Waals surface area contributed by atoms with E-state index in [1.54, 1.807) is 30.3 Å². The molecule has 3 saturated carbocycles. The highest BCUT2D eigenvalue weighted by Gasteiger charge is 2.47. The number of halogens is 1. The number of para-hydroxylation sites is 1.